The number of likely N-dealkylation sites (N-methyl/N-ethyl adjacent to an activating group) is 1. The van der Waals surface area contributed by atoms with E-state index in [-0.39, 0.29) is 6.10 Å². The van der Waals surface area contributed by atoms with Crippen LogP contribution < -0.4 is 15.0 Å². The van der Waals surface area contributed by atoms with E-state index in [4.69, 9.17) is 4.74 Å². The highest BCUT2D eigenvalue weighted by atomic mass is 16.5. The SMILES string of the molecule is CN1CC(c2cnn(C)c2)=Cc2c1[nH]c1cnc(C#N)c(OC3CNC3)c21. The van der Waals surface area contributed by atoms with Gasteiger partial charge in [0.2, 0.25) is 0 Å². The molecule has 3 aromatic heterocycles. The van der Waals surface area contributed by atoms with Crippen molar-refractivity contribution in [1.82, 2.24) is 25.1 Å². The fourth-order valence-corrected chi connectivity index (χ4v) is 3.63. The molecule has 0 amide bonds. The molecule has 27 heavy (non-hydrogen) atoms. The lowest BCUT2D eigenvalue weighted by Crippen LogP contribution is -2.50. The van der Waals surface area contributed by atoms with E-state index < -0.39 is 0 Å². The van der Waals surface area contributed by atoms with Crippen LogP contribution in [0.4, 0.5) is 5.82 Å². The quantitative estimate of drug-likeness (QED) is 0.734. The molecule has 0 radical (unpaired) electrons. The number of aromatic nitrogens is 4. The van der Waals surface area contributed by atoms with Gasteiger partial charge >= 0.3 is 0 Å². The summed E-state index contributed by atoms with van der Waals surface area (Å²) in [4.78, 5) is 9.90. The van der Waals surface area contributed by atoms with E-state index in [0.29, 0.717) is 11.4 Å². The van der Waals surface area contributed by atoms with Crippen LogP contribution in [-0.4, -0.2) is 52.5 Å². The molecule has 0 aromatic carbocycles. The molecular weight excluding hydrogens is 342 g/mol. The summed E-state index contributed by atoms with van der Waals surface area (Å²) in [5, 5.41) is 18.0. The molecule has 8 nitrogen and oxygen atoms in total. The van der Waals surface area contributed by atoms with Gasteiger partial charge in [0.05, 0.1) is 23.3 Å². The number of ether oxygens (including phenoxy) is 1. The Kier molecular flexibility index (Phi) is 3.45. The summed E-state index contributed by atoms with van der Waals surface area (Å²) in [6.45, 7) is 2.34. The lowest BCUT2D eigenvalue weighted by Gasteiger charge is -2.28. The van der Waals surface area contributed by atoms with Crippen molar-refractivity contribution >= 4 is 28.4 Å². The second-order valence-corrected chi connectivity index (χ2v) is 7.05. The maximum absolute atomic E-state index is 9.55. The van der Waals surface area contributed by atoms with Crippen molar-refractivity contribution in [2.45, 2.75) is 6.10 Å². The van der Waals surface area contributed by atoms with Crippen LogP contribution in [0.3, 0.4) is 0 Å². The lowest BCUT2D eigenvalue weighted by atomic mass is 10.0. The number of nitrogens with one attached hydrogen (secondary N) is 2. The Morgan fingerprint density at radius 1 is 1.30 bits per heavy atom. The topological polar surface area (TPSA) is 94.8 Å². The van der Waals surface area contributed by atoms with Crippen LogP contribution in [0.1, 0.15) is 16.8 Å². The Labute approximate surface area is 156 Å². The van der Waals surface area contributed by atoms with Crippen LogP contribution in [0, 0.1) is 11.3 Å². The van der Waals surface area contributed by atoms with Crippen molar-refractivity contribution in [3.05, 3.63) is 35.4 Å². The Morgan fingerprint density at radius 2 is 2.15 bits per heavy atom. The molecule has 5 heterocycles. The molecule has 2 aliphatic heterocycles. The van der Waals surface area contributed by atoms with E-state index in [9.17, 15) is 5.26 Å². The molecule has 5 rings (SSSR count). The number of nitrogens with zero attached hydrogens (tertiary/aromatic N) is 5. The van der Waals surface area contributed by atoms with E-state index in [2.05, 4.69) is 37.4 Å². The third-order valence-electron chi connectivity index (χ3n) is 5.13. The number of anilines is 1. The molecule has 0 aliphatic carbocycles. The molecule has 136 valence electrons. The maximum Gasteiger partial charge on any atom is 0.183 e. The van der Waals surface area contributed by atoms with Gasteiger partial charge in [0, 0.05) is 51.1 Å². The van der Waals surface area contributed by atoms with Gasteiger partial charge < -0.3 is 19.9 Å². The van der Waals surface area contributed by atoms with E-state index >= 15 is 0 Å². The second kappa shape index (κ2) is 5.86. The molecule has 0 spiro atoms. The van der Waals surface area contributed by atoms with Gasteiger partial charge in [-0.25, -0.2) is 4.98 Å². The first kappa shape index (κ1) is 15.9. The average Bonchev–Trinajstić information content (AvgIpc) is 3.22. The summed E-state index contributed by atoms with van der Waals surface area (Å²) >= 11 is 0. The molecule has 2 aliphatic rings. The van der Waals surface area contributed by atoms with Gasteiger partial charge in [-0.3, -0.25) is 4.68 Å². The van der Waals surface area contributed by atoms with E-state index in [0.717, 1.165) is 47.5 Å². The molecule has 0 atom stereocenters. The van der Waals surface area contributed by atoms with Crippen molar-refractivity contribution in [3.63, 3.8) is 0 Å². The molecule has 3 aromatic rings. The van der Waals surface area contributed by atoms with Crippen molar-refractivity contribution in [2.75, 3.05) is 31.6 Å². The number of rotatable bonds is 3. The highest BCUT2D eigenvalue weighted by molar-refractivity contribution is 6.05. The minimum absolute atomic E-state index is 0.0677. The number of H-pyrrole nitrogens is 1. The molecule has 1 fully saturated rings. The molecule has 0 saturated carbocycles. The fraction of sp³-hybridized carbons (Fsp3) is 0.316. The number of nitriles is 1. The summed E-state index contributed by atoms with van der Waals surface area (Å²) in [5.41, 5.74) is 4.48. The number of pyridine rings is 1. The van der Waals surface area contributed by atoms with Crippen LogP contribution >= 0.6 is 0 Å². The lowest BCUT2D eigenvalue weighted by molar-refractivity contribution is 0.143. The first-order valence-corrected chi connectivity index (χ1v) is 8.87. The minimum Gasteiger partial charge on any atom is -0.484 e. The normalized spacial score (nSPS) is 16.6. The molecule has 2 N–H and O–H groups in total. The molecular formula is C19H19N7O. The van der Waals surface area contributed by atoms with Gasteiger partial charge in [-0.1, -0.05) is 0 Å². The van der Waals surface area contributed by atoms with Crippen LogP contribution in [0.2, 0.25) is 0 Å². The largest absolute Gasteiger partial charge is 0.484 e. The van der Waals surface area contributed by atoms with Crippen LogP contribution in [0.25, 0.3) is 22.6 Å². The summed E-state index contributed by atoms with van der Waals surface area (Å²) in [5.74, 6) is 1.57. The van der Waals surface area contributed by atoms with Crippen molar-refractivity contribution in [3.8, 4) is 11.8 Å². The zero-order valence-electron chi connectivity index (χ0n) is 15.2. The number of aromatic amines is 1. The van der Waals surface area contributed by atoms with Gasteiger partial charge in [-0.2, -0.15) is 10.4 Å². The number of aryl methyl sites for hydroxylation is 1. The third kappa shape index (κ3) is 2.47. The van der Waals surface area contributed by atoms with Crippen molar-refractivity contribution in [1.29, 1.82) is 5.26 Å². The van der Waals surface area contributed by atoms with Gasteiger partial charge in [-0.15, -0.1) is 0 Å². The first-order valence-electron chi connectivity index (χ1n) is 8.87. The smallest absolute Gasteiger partial charge is 0.183 e. The zero-order valence-corrected chi connectivity index (χ0v) is 15.2. The van der Waals surface area contributed by atoms with E-state index in [1.165, 1.54) is 5.57 Å². The summed E-state index contributed by atoms with van der Waals surface area (Å²) in [7, 11) is 3.96. The highest BCUT2D eigenvalue weighted by Gasteiger charge is 2.27. The first-order chi connectivity index (χ1) is 13.1. The predicted molar refractivity (Wildman–Crippen MR) is 102 cm³/mol. The van der Waals surface area contributed by atoms with Crippen molar-refractivity contribution in [2.24, 2.45) is 7.05 Å². The fourth-order valence-electron chi connectivity index (χ4n) is 3.63. The number of fused-ring (bicyclic) bond motifs is 3. The minimum atomic E-state index is 0.0677. The molecule has 0 unspecified atom stereocenters. The molecule has 8 heteroatoms. The summed E-state index contributed by atoms with van der Waals surface area (Å²) in [6, 6.07) is 2.18. The third-order valence-corrected chi connectivity index (χ3v) is 5.13. The standard InChI is InChI=1S/C19H19N7O/c1-25-9-11(12-5-23-26(2)10-12)3-14-17-16(24-19(14)25)8-22-15(4-20)18(17)27-13-6-21-7-13/h3,5,8,10,13,21,24H,6-7,9H2,1-2H3. The monoisotopic (exact) mass is 361 g/mol. The van der Waals surface area contributed by atoms with Gasteiger partial charge in [0.25, 0.3) is 0 Å². The summed E-state index contributed by atoms with van der Waals surface area (Å²) in [6.07, 6.45) is 7.83. The molecule has 0 bridgehead atoms. The maximum atomic E-state index is 9.55. The highest BCUT2D eigenvalue weighted by Crippen LogP contribution is 2.41. The van der Waals surface area contributed by atoms with Gasteiger partial charge in [0.1, 0.15) is 18.0 Å². The van der Waals surface area contributed by atoms with E-state index in [1.807, 2.05) is 26.5 Å². The van der Waals surface area contributed by atoms with Gasteiger partial charge in [0.15, 0.2) is 11.4 Å². The average molecular weight is 361 g/mol. The predicted octanol–water partition coefficient (Wildman–Crippen LogP) is 1.51. The van der Waals surface area contributed by atoms with E-state index in [1.54, 1.807) is 10.9 Å². The Morgan fingerprint density at radius 3 is 2.81 bits per heavy atom. The Hall–Kier alpha value is -3.31. The Balaban J connectivity index is 1.72. The van der Waals surface area contributed by atoms with Gasteiger partial charge in [-0.05, 0) is 11.6 Å². The van der Waals surface area contributed by atoms with Crippen molar-refractivity contribution < 1.29 is 4.74 Å². The zero-order chi connectivity index (χ0) is 18.5. The van der Waals surface area contributed by atoms with Crippen LogP contribution in [0.5, 0.6) is 5.75 Å². The Bertz CT molecular complexity index is 1110. The second-order valence-electron chi connectivity index (χ2n) is 7.05. The molecule has 1 saturated heterocycles. The van der Waals surface area contributed by atoms with Crippen LogP contribution in [0.15, 0.2) is 18.6 Å². The number of hydrogen-bond acceptors (Lipinski definition) is 6. The van der Waals surface area contributed by atoms with Crippen LogP contribution in [-0.2, 0) is 7.05 Å². The number of hydrogen-bond donors (Lipinski definition) is 2. The summed E-state index contributed by atoms with van der Waals surface area (Å²) < 4.78 is 7.96.